The average molecular weight is 354 g/mol. The van der Waals surface area contributed by atoms with Gasteiger partial charge in [0.05, 0.1) is 13.6 Å². The lowest BCUT2D eigenvalue weighted by Crippen LogP contribution is -2.23. The minimum Gasteiger partial charge on any atom is -0.240 e. The summed E-state index contributed by atoms with van der Waals surface area (Å²) < 4.78 is 4.40. The Hall–Kier alpha value is -0.440. The average Bonchev–Trinajstić information content (AvgIpc) is 3.00. The van der Waals surface area contributed by atoms with Gasteiger partial charge in [-0.25, -0.2) is 9.13 Å². The highest BCUT2D eigenvalue weighted by atomic mass is 32.2. The van der Waals surface area contributed by atoms with E-state index in [0.717, 1.165) is 0 Å². The van der Waals surface area contributed by atoms with Crippen molar-refractivity contribution in [3.63, 3.8) is 0 Å². The molecule has 0 aliphatic carbocycles. The van der Waals surface area contributed by atoms with E-state index in [1.807, 2.05) is 0 Å². The summed E-state index contributed by atoms with van der Waals surface area (Å²) in [5, 5.41) is 0. The van der Waals surface area contributed by atoms with E-state index in [9.17, 15) is 0 Å². The number of imidazole rings is 1. The van der Waals surface area contributed by atoms with Crippen LogP contribution in [0.25, 0.3) is 0 Å². The normalized spacial score (nSPS) is 11.2. The van der Waals surface area contributed by atoms with Crippen LogP contribution in [0, 0.1) is 0 Å². The summed E-state index contributed by atoms with van der Waals surface area (Å²) in [6.07, 6.45) is 24.9. The SMILES string of the molecule is CCCCCCCCCCCSCCCCCCn1cc[n+](C)c1. The van der Waals surface area contributed by atoms with Crippen LogP contribution in [-0.2, 0) is 13.6 Å². The summed E-state index contributed by atoms with van der Waals surface area (Å²) in [7, 11) is 2.08. The molecule has 0 saturated carbocycles. The lowest BCUT2D eigenvalue weighted by molar-refractivity contribution is -0.671. The molecule has 0 radical (unpaired) electrons. The summed E-state index contributed by atoms with van der Waals surface area (Å²) in [4.78, 5) is 0. The predicted octanol–water partition coefficient (Wildman–Crippen LogP) is 6.14. The van der Waals surface area contributed by atoms with Gasteiger partial charge in [0.1, 0.15) is 12.4 Å². The first kappa shape index (κ1) is 21.6. The Morgan fingerprint density at radius 2 is 1.29 bits per heavy atom. The van der Waals surface area contributed by atoms with Crippen LogP contribution in [0.1, 0.15) is 90.4 Å². The van der Waals surface area contributed by atoms with Crippen LogP contribution in [0.15, 0.2) is 18.7 Å². The number of aromatic nitrogens is 2. The van der Waals surface area contributed by atoms with Crippen LogP contribution in [0.5, 0.6) is 0 Å². The minimum absolute atomic E-state index is 1.17. The number of hydrogen-bond acceptors (Lipinski definition) is 1. The second-order valence-corrected chi connectivity index (χ2v) is 8.40. The van der Waals surface area contributed by atoms with Gasteiger partial charge in [-0.3, -0.25) is 0 Å². The third kappa shape index (κ3) is 12.9. The zero-order valence-electron chi connectivity index (χ0n) is 16.3. The van der Waals surface area contributed by atoms with Crippen LogP contribution >= 0.6 is 11.8 Å². The van der Waals surface area contributed by atoms with Crippen molar-refractivity contribution in [2.75, 3.05) is 11.5 Å². The lowest BCUT2D eigenvalue weighted by Gasteiger charge is -2.03. The number of nitrogens with zero attached hydrogens (tertiary/aromatic N) is 2. The Balaban J connectivity index is 1.70. The van der Waals surface area contributed by atoms with Gasteiger partial charge in [-0.1, -0.05) is 64.7 Å². The van der Waals surface area contributed by atoms with Crippen molar-refractivity contribution in [1.29, 1.82) is 0 Å². The van der Waals surface area contributed by atoms with Crippen molar-refractivity contribution in [2.45, 2.75) is 96.9 Å². The Morgan fingerprint density at radius 1 is 0.750 bits per heavy atom. The number of hydrogen-bond donors (Lipinski definition) is 0. The summed E-state index contributed by atoms with van der Waals surface area (Å²) in [5.41, 5.74) is 0. The van der Waals surface area contributed by atoms with Crippen molar-refractivity contribution >= 4 is 11.8 Å². The molecule has 0 fully saturated rings. The van der Waals surface area contributed by atoms with Gasteiger partial charge < -0.3 is 0 Å². The fraction of sp³-hybridized carbons (Fsp3) is 0.857. The van der Waals surface area contributed by atoms with Gasteiger partial charge in [0, 0.05) is 0 Å². The highest BCUT2D eigenvalue weighted by Crippen LogP contribution is 2.13. The van der Waals surface area contributed by atoms with Crippen molar-refractivity contribution < 1.29 is 4.57 Å². The van der Waals surface area contributed by atoms with E-state index in [1.165, 1.54) is 102 Å². The molecule has 0 spiro atoms. The summed E-state index contributed by atoms with van der Waals surface area (Å²) in [6.45, 7) is 3.47. The monoisotopic (exact) mass is 353 g/mol. The Bertz CT molecular complexity index is 376. The second kappa shape index (κ2) is 16.1. The first-order valence-corrected chi connectivity index (χ1v) is 11.6. The van der Waals surface area contributed by atoms with Gasteiger partial charge in [-0.15, -0.1) is 0 Å². The maximum Gasteiger partial charge on any atom is 0.243 e. The van der Waals surface area contributed by atoms with Crippen molar-refractivity contribution in [3.8, 4) is 0 Å². The van der Waals surface area contributed by atoms with Crippen molar-refractivity contribution in [3.05, 3.63) is 18.7 Å². The Labute approximate surface area is 155 Å². The maximum atomic E-state index is 2.29. The largest absolute Gasteiger partial charge is 0.243 e. The highest BCUT2D eigenvalue weighted by molar-refractivity contribution is 7.99. The van der Waals surface area contributed by atoms with E-state index in [1.54, 1.807) is 0 Å². The third-order valence-electron chi connectivity index (χ3n) is 4.67. The number of rotatable bonds is 17. The minimum atomic E-state index is 1.17. The smallest absolute Gasteiger partial charge is 0.240 e. The molecule has 1 rings (SSSR count). The van der Waals surface area contributed by atoms with Gasteiger partial charge in [0.15, 0.2) is 0 Å². The Morgan fingerprint density at radius 3 is 1.83 bits per heavy atom. The van der Waals surface area contributed by atoms with E-state index in [0.29, 0.717) is 0 Å². The van der Waals surface area contributed by atoms with Gasteiger partial charge in [-0.05, 0) is 37.2 Å². The highest BCUT2D eigenvalue weighted by Gasteiger charge is 1.99. The van der Waals surface area contributed by atoms with Crippen LogP contribution in [-0.4, -0.2) is 16.1 Å². The Kier molecular flexibility index (Phi) is 14.4. The molecular formula is C21H41N2S+. The van der Waals surface area contributed by atoms with Crippen LogP contribution < -0.4 is 4.57 Å². The van der Waals surface area contributed by atoms with Crippen LogP contribution in [0.4, 0.5) is 0 Å². The number of unbranched alkanes of at least 4 members (excludes halogenated alkanes) is 11. The lowest BCUT2D eigenvalue weighted by atomic mass is 10.1. The second-order valence-electron chi connectivity index (χ2n) is 7.17. The van der Waals surface area contributed by atoms with Gasteiger partial charge in [0.25, 0.3) is 0 Å². The number of thioether (sulfide) groups is 1. The van der Waals surface area contributed by atoms with E-state index < -0.39 is 0 Å². The van der Waals surface area contributed by atoms with Crippen molar-refractivity contribution in [1.82, 2.24) is 4.57 Å². The molecule has 0 atom stereocenters. The molecule has 1 heterocycles. The predicted molar refractivity (Wildman–Crippen MR) is 109 cm³/mol. The van der Waals surface area contributed by atoms with Gasteiger partial charge >= 0.3 is 0 Å². The quantitative estimate of drug-likeness (QED) is 0.241. The van der Waals surface area contributed by atoms with E-state index in [4.69, 9.17) is 0 Å². The number of aryl methyl sites for hydroxylation is 2. The van der Waals surface area contributed by atoms with Gasteiger partial charge in [0.2, 0.25) is 6.33 Å². The van der Waals surface area contributed by atoms with E-state index in [2.05, 4.69) is 53.6 Å². The molecule has 0 aliphatic rings. The molecule has 0 N–H and O–H groups in total. The first-order chi connectivity index (χ1) is 11.8. The van der Waals surface area contributed by atoms with Crippen molar-refractivity contribution in [2.24, 2.45) is 7.05 Å². The topological polar surface area (TPSA) is 8.81 Å². The van der Waals surface area contributed by atoms with Crippen LogP contribution in [0.2, 0.25) is 0 Å². The third-order valence-corrected chi connectivity index (χ3v) is 5.83. The molecule has 0 aromatic carbocycles. The molecule has 1 aromatic rings. The fourth-order valence-electron chi connectivity index (χ4n) is 3.10. The summed E-state index contributed by atoms with van der Waals surface area (Å²) in [6, 6.07) is 0. The molecule has 2 nitrogen and oxygen atoms in total. The molecule has 3 heteroatoms. The molecule has 0 saturated heterocycles. The summed E-state index contributed by atoms with van der Waals surface area (Å²) >= 11 is 2.18. The molecule has 0 amide bonds. The molecular weight excluding hydrogens is 312 g/mol. The van der Waals surface area contributed by atoms with Gasteiger partial charge in [-0.2, -0.15) is 11.8 Å². The first-order valence-electron chi connectivity index (χ1n) is 10.4. The van der Waals surface area contributed by atoms with E-state index >= 15 is 0 Å². The zero-order valence-corrected chi connectivity index (χ0v) is 17.2. The van der Waals surface area contributed by atoms with Crippen LogP contribution in [0.3, 0.4) is 0 Å². The summed E-state index contributed by atoms with van der Waals surface area (Å²) in [5.74, 6) is 2.76. The molecule has 140 valence electrons. The molecule has 0 aliphatic heterocycles. The van der Waals surface area contributed by atoms with E-state index in [-0.39, 0.29) is 0 Å². The standard InChI is InChI=1S/C21H41N2S/c1-3-4-5-6-7-8-9-11-14-19-24-20-15-12-10-13-16-23-18-17-22(2)21-23/h17-18,21H,3-16,19-20H2,1-2H3/q+1. The molecule has 1 aromatic heterocycles. The molecule has 0 bridgehead atoms. The fourth-order valence-corrected chi connectivity index (χ4v) is 4.12. The molecule has 24 heavy (non-hydrogen) atoms. The maximum absolute atomic E-state index is 2.29. The molecule has 0 unspecified atom stereocenters. The zero-order chi connectivity index (χ0) is 17.3.